The first-order chi connectivity index (χ1) is 11.0. The van der Waals surface area contributed by atoms with Crippen molar-refractivity contribution in [2.24, 2.45) is 0 Å². The Hall–Kier alpha value is -0.935. The zero-order valence-corrected chi connectivity index (χ0v) is 10.9. The van der Waals surface area contributed by atoms with Gasteiger partial charge in [-0.3, -0.25) is 9.97 Å². The van der Waals surface area contributed by atoms with Gasteiger partial charge in [-0.15, -0.1) is 0 Å². The number of rotatable bonds is 2. The number of hydrogen-bond acceptors (Lipinski definition) is 4. The minimum absolute atomic E-state index is 0.126. The molecule has 2 rings (SSSR count). The fourth-order valence-electron chi connectivity index (χ4n) is 1.58. The maximum atomic E-state index is 8.18. The van der Waals surface area contributed by atoms with Gasteiger partial charge in [0.05, 0.1) is 22.5 Å². The molecule has 0 N–H and O–H groups in total. The van der Waals surface area contributed by atoms with E-state index in [4.69, 9.17) is 18.9 Å². The topological polar surface area (TPSA) is 44.2 Å². The van der Waals surface area contributed by atoms with E-state index in [0.717, 1.165) is 6.20 Å². The lowest BCUT2D eigenvalue weighted by Gasteiger charge is -2.32. The van der Waals surface area contributed by atoms with Crippen LogP contribution in [0.15, 0.2) is 12.4 Å². The fraction of sp³-hybridized carbons (Fsp3) is 0.692. The smallest absolute Gasteiger partial charge is 0.398 e. The predicted octanol–water partition coefficient (Wildman–Crippen LogP) is 1.90. The Morgan fingerprint density at radius 2 is 1.83 bits per heavy atom. The molecule has 0 bridgehead atoms. The van der Waals surface area contributed by atoms with Gasteiger partial charge in [-0.25, -0.2) is 0 Å². The Balaban J connectivity index is 2.49. The van der Waals surface area contributed by atoms with Gasteiger partial charge in [-0.2, -0.15) is 0 Å². The van der Waals surface area contributed by atoms with Crippen molar-refractivity contribution in [2.45, 2.75) is 58.5 Å². The average molecular weight is 255 g/mol. The van der Waals surface area contributed by atoms with Crippen LogP contribution >= 0.6 is 0 Å². The van der Waals surface area contributed by atoms with Crippen molar-refractivity contribution in [1.82, 2.24) is 9.97 Å². The van der Waals surface area contributed by atoms with Gasteiger partial charge in [-0.05, 0) is 33.6 Å². The highest BCUT2D eigenvalue weighted by Crippen LogP contribution is 2.36. The highest BCUT2D eigenvalue weighted by atomic mass is 16.7. The largest absolute Gasteiger partial charge is 0.516 e. The molecule has 1 aliphatic heterocycles. The summed E-state index contributed by atoms with van der Waals surface area (Å²) in [5.41, 5.74) is -1.65. The number of aromatic nitrogens is 2. The van der Waals surface area contributed by atoms with Crippen molar-refractivity contribution in [2.75, 3.05) is 0 Å². The van der Waals surface area contributed by atoms with E-state index in [1.807, 2.05) is 27.7 Å². The van der Waals surface area contributed by atoms with Crippen molar-refractivity contribution < 1.29 is 18.9 Å². The molecular weight excluding hydrogens is 227 g/mol. The maximum absolute atomic E-state index is 8.18. The van der Waals surface area contributed by atoms with Gasteiger partial charge >= 0.3 is 7.12 Å². The molecule has 1 aromatic rings. The van der Waals surface area contributed by atoms with Gasteiger partial charge in [0.1, 0.15) is 0 Å². The van der Waals surface area contributed by atoms with Gasteiger partial charge < -0.3 is 9.31 Å². The van der Waals surface area contributed by atoms with Crippen LogP contribution in [0.25, 0.3) is 0 Å². The average Bonchev–Trinajstić information content (AvgIpc) is 2.64. The lowest BCUT2D eigenvalue weighted by Crippen LogP contribution is -2.41. The quantitative estimate of drug-likeness (QED) is 0.757. The number of nitrogens with zero attached hydrogens (tertiary/aromatic N) is 2. The molecule has 0 radical (unpaired) electrons. The Morgan fingerprint density at radius 3 is 2.39 bits per heavy atom. The summed E-state index contributed by atoms with van der Waals surface area (Å²) in [6.45, 7) is 1.10. The van der Waals surface area contributed by atoms with E-state index in [0.29, 0.717) is 0 Å². The van der Waals surface area contributed by atoms with Crippen molar-refractivity contribution >= 4 is 12.7 Å². The van der Waals surface area contributed by atoms with Crippen LogP contribution in [-0.4, -0.2) is 28.3 Å². The molecule has 4 nitrogen and oxygen atoms in total. The molecule has 5 heteroatoms. The molecule has 0 aliphatic carbocycles. The maximum Gasteiger partial charge on any atom is 0.516 e. The minimum Gasteiger partial charge on any atom is -0.398 e. The van der Waals surface area contributed by atoms with Crippen LogP contribution in [-0.2, 0) is 9.31 Å². The predicted molar refractivity (Wildman–Crippen MR) is 71.8 cm³/mol. The SMILES string of the molecule is [2H]C([2H])([2H])C([2H])(c1cncc(B2OC(C)(C)C(C)(C)O2)n1)C([2H])([2H])[2H]. The normalized spacial score (nSPS) is 29.3. The molecule has 1 aliphatic rings. The molecule has 1 aromatic heterocycles. The summed E-state index contributed by atoms with van der Waals surface area (Å²) in [5.74, 6) is -2.91. The van der Waals surface area contributed by atoms with Crippen LogP contribution in [0.1, 0.15) is 62.6 Å². The van der Waals surface area contributed by atoms with Crippen LogP contribution < -0.4 is 5.59 Å². The highest BCUT2D eigenvalue weighted by Gasteiger charge is 2.52. The van der Waals surface area contributed by atoms with Crippen molar-refractivity contribution in [3.8, 4) is 0 Å². The van der Waals surface area contributed by atoms with Crippen LogP contribution in [0.2, 0.25) is 0 Å². The summed E-state index contributed by atoms with van der Waals surface area (Å²) >= 11 is 0. The molecule has 0 atom stereocenters. The van der Waals surface area contributed by atoms with Gasteiger partial charge in [0.15, 0.2) is 0 Å². The van der Waals surface area contributed by atoms with E-state index >= 15 is 0 Å². The Morgan fingerprint density at radius 1 is 1.22 bits per heavy atom. The molecule has 0 saturated carbocycles. The van der Waals surface area contributed by atoms with Gasteiger partial charge in [0.2, 0.25) is 0 Å². The molecule has 2 heterocycles. The zero-order valence-electron chi connectivity index (χ0n) is 17.9. The van der Waals surface area contributed by atoms with Crippen molar-refractivity contribution in [3.05, 3.63) is 18.1 Å². The minimum atomic E-state index is -3.12. The van der Waals surface area contributed by atoms with Crippen molar-refractivity contribution in [1.29, 1.82) is 0 Å². The second-order valence-corrected chi connectivity index (χ2v) is 5.29. The second-order valence-electron chi connectivity index (χ2n) is 5.29. The summed E-state index contributed by atoms with van der Waals surface area (Å²) in [6.07, 6.45) is 2.30. The monoisotopic (exact) mass is 255 g/mol. The summed E-state index contributed by atoms with van der Waals surface area (Å²) in [4.78, 5) is 7.95. The van der Waals surface area contributed by atoms with Crippen molar-refractivity contribution in [3.63, 3.8) is 0 Å². The Kier molecular flexibility index (Phi) is 1.68. The number of hydrogen-bond donors (Lipinski definition) is 0. The van der Waals surface area contributed by atoms with Crippen LogP contribution in [0.5, 0.6) is 0 Å². The highest BCUT2D eigenvalue weighted by molar-refractivity contribution is 6.61. The summed E-state index contributed by atoms with van der Waals surface area (Å²) in [7, 11) is -0.935. The van der Waals surface area contributed by atoms with Crippen LogP contribution in [0, 0.1) is 0 Å². The summed E-state index contributed by atoms with van der Waals surface area (Å²) < 4.78 is 65.1. The van der Waals surface area contributed by atoms with E-state index in [-0.39, 0.29) is 5.59 Å². The first kappa shape index (κ1) is 7.01. The standard InChI is InChI=1S/C13H21BN2O2/c1-9(2)10-7-15-8-11(16-10)14-17-12(3,4)13(5,6)18-14/h7-9H,1-6H3/i1D3,2D3,9D. The second kappa shape index (κ2) is 4.32. The third kappa shape index (κ3) is 2.29. The van der Waals surface area contributed by atoms with E-state index in [1.165, 1.54) is 6.20 Å². The lowest BCUT2D eigenvalue weighted by atomic mass is 9.85. The molecule has 1 saturated heterocycles. The molecule has 18 heavy (non-hydrogen) atoms. The third-order valence-electron chi connectivity index (χ3n) is 3.40. The zero-order chi connectivity index (χ0) is 19.5. The third-order valence-corrected chi connectivity index (χ3v) is 3.40. The first-order valence-electron chi connectivity index (χ1n) is 9.21. The van der Waals surface area contributed by atoms with Crippen LogP contribution in [0.3, 0.4) is 0 Å². The van der Waals surface area contributed by atoms with E-state index in [9.17, 15) is 0 Å². The molecular formula is C13H21BN2O2. The van der Waals surface area contributed by atoms with Gasteiger partial charge in [-0.1, -0.05) is 13.7 Å². The Bertz CT molecular complexity index is 631. The van der Waals surface area contributed by atoms with Gasteiger partial charge in [0, 0.05) is 22.0 Å². The molecule has 1 fully saturated rings. The molecule has 0 aromatic carbocycles. The molecule has 0 unspecified atom stereocenters. The molecule has 0 spiro atoms. The Labute approximate surface area is 119 Å². The molecule has 98 valence electrons. The fourth-order valence-corrected chi connectivity index (χ4v) is 1.58. The summed E-state index contributed by atoms with van der Waals surface area (Å²) in [6, 6.07) is 0. The van der Waals surface area contributed by atoms with E-state index < -0.39 is 43.6 Å². The van der Waals surface area contributed by atoms with Crippen LogP contribution in [0.4, 0.5) is 0 Å². The van der Waals surface area contributed by atoms with E-state index in [2.05, 4.69) is 9.97 Å². The molecule has 0 amide bonds. The lowest BCUT2D eigenvalue weighted by molar-refractivity contribution is 0.00578. The van der Waals surface area contributed by atoms with Gasteiger partial charge in [0.25, 0.3) is 0 Å². The first-order valence-corrected chi connectivity index (χ1v) is 5.71. The summed E-state index contributed by atoms with van der Waals surface area (Å²) in [5, 5.41) is 0. The van der Waals surface area contributed by atoms with E-state index in [1.54, 1.807) is 0 Å².